The Balaban J connectivity index is 2.10. The molecule has 0 unspecified atom stereocenters. The third kappa shape index (κ3) is 5.82. The lowest BCUT2D eigenvalue weighted by Gasteiger charge is -2.09. The molecule has 2 aromatic rings. The Bertz CT molecular complexity index is 890. The van der Waals surface area contributed by atoms with Gasteiger partial charge in [-0.05, 0) is 31.5 Å². The molecular weight excluding hydrogens is 378 g/mol. The highest BCUT2D eigenvalue weighted by atomic mass is 16.6. The van der Waals surface area contributed by atoms with Crippen molar-refractivity contribution < 1.29 is 28.6 Å². The molecule has 0 saturated heterocycles. The van der Waals surface area contributed by atoms with Crippen molar-refractivity contribution in [1.82, 2.24) is 10.3 Å². The number of carbonyl (C=O) groups is 3. The first kappa shape index (κ1) is 22.0. The molecule has 0 fully saturated rings. The summed E-state index contributed by atoms with van der Waals surface area (Å²) in [5.74, 6) is -0.753. The van der Waals surface area contributed by atoms with Gasteiger partial charge in [-0.3, -0.25) is 9.59 Å². The highest BCUT2D eigenvalue weighted by Crippen LogP contribution is 2.22. The Morgan fingerprint density at radius 2 is 1.90 bits per heavy atom. The van der Waals surface area contributed by atoms with Crippen LogP contribution in [0.4, 0.5) is 5.69 Å². The van der Waals surface area contributed by atoms with E-state index < -0.39 is 11.9 Å². The topological polar surface area (TPSA) is 119 Å². The quantitative estimate of drug-likeness (QED) is 0.434. The molecule has 0 atom stereocenters. The first-order valence-electron chi connectivity index (χ1n) is 8.97. The van der Waals surface area contributed by atoms with Crippen LogP contribution in [0.25, 0.3) is 0 Å². The Kier molecular flexibility index (Phi) is 7.79. The van der Waals surface area contributed by atoms with Gasteiger partial charge in [0.25, 0.3) is 11.8 Å². The number of H-pyrrole nitrogens is 1. The summed E-state index contributed by atoms with van der Waals surface area (Å²) in [5.41, 5.74) is 2.11. The molecule has 0 spiro atoms. The number of nitrogens with one attached hydrogen (secondary N) is 3. The highest BCUT2D eigenvalue weighted by molar-refractivity contribution is 6.06. The average molecular weight is 403 g/mol. The predicted octanol–water partition coefficient (Wildman–Crippen LogP) is 1.81. The Morgan fingerprint density at radius 3 is 2.59 bits per heavy atom. The SMILES string of the molecule is CNC(=O)COc1cccc(NC(=O)c2[nH]c(C)c(C(=O)OCCOC)c2C)c1. The minimum atomic E-state index is -0.517. The van der Waals surface area contributed by atoms with Crippen LogP contribution in [0.15, 0.2) is 24.3 Å². The summed E-state index contributed by atoms with van der Waals surface area (Å²) in [7, 11) is 3.03. The number of aromatic amines is 1. The van der Waals surface area contributed by atoms with Gasteiger partial charge in [0.05, 0.1) is 12.2 Å². The van der Waals surface area contributed by atoms with Crippen molar-refractivity contribution in [3.63, 3.8) is 0 Å². The summed E-state index contributed by atoms with van der Waals surface area (Å²) in [4.78, 5) is 39.2. The van der Waals surface area contributed by atoms with Gasteiger partial charge < -0.3 is 29.8 Å². The first-order chi connectivity index (χ1) is 13.9. The van der Waals surface area contributed by atoms with Crippen molar-refractivity contribution in [1.29, 1.82) is 0 Å². The molecule has 3 N–H and O–H groups in total. The summed E-state index contributed by atoms with van der Waals surface area (Å²) >= 11 is 0. The maximum atomic E-state index is 12.7. The van der Waals surface area contributed by atoms with E-state index >= 15 is 0 Å². The molecule has 1 aromatic carbocycles. The summed E-state index contributed by atoms with van der Waals surface area (Å²) in [6, 6.07) is 6.67. The number of hydrogen-bond donors (Lipinski definition) is 3. The van der Waals surface area contributed by atoms with Crippen LogP contribution in [0.2, 0.25) is 0 Å². The van der Waals surface area contributed by atoms with E-state index in [2.05, 4.69) is 15.6 Å². The summed E-state index contributed by atoms with van der Waals surface area (Å²) in [5, 5.41) is 5.21. The number of esters is 1. The van der Waals surface area contributed by atoms with Gasteiger partial charge in [0.2, 0.25) is 0 Å². The normalized spacial score (nSPS) is 10.3. The Labute approximate surface area is 168 Å². The van der Waals surface area contributed by atoms with E-state index in [0.717, 1.165) is 0 Å². The minimum Gasteiger partial charge on any atom is -0.484 e. The van der Waals surface area contributed by atoms with Crippen LogP contribution in [0.5, 0.6) is 5.75 Å². The number of methoxy groups -OCH3 is 1. The number of likely N-dealkylation sites (N-methyl/N-ethyl adjacent to an activating group) is 1. The van der Waals surface area contributed by atoms with Crippen molar-refractivity contribution in [3.8, 4) is 5.75 Å². The monoisotopic (exact) mass is 403 g/mol. The van der Waals surface area contributed by atoms with Crippen LogP contribution in [-0.2, 0) is 14.3 Å². The lowest BCUT2D eigenvalue weighted by atomic mass is 10.1. The smallest absolute Gasteiger partial charge is 0.340 e. The maximum absolute atomic E-state index is 12.7. The summed E-state index contributed by atoms with van der Waals surface area (Å²) in [6.45, 7) is 3.67. The molecular formula is C20H25N3O6. The van der Waals surface area contributed by atoms with Gasteiger partial charge in [0.15, 0.2) is 6.61 Å². The van der Waals surface area contributed by atoms with Crippen molar-refractivity contribution in [2.24, 2.45) is 0 Å². The fraction of sp³-hybridized carbons (Fsp3) is 0.350. The number of ether oxygens (including phenoxy) is 3. The van der Waals surface area contributed by atoms with Gasteiger partial charge in [-0.2, -0.15) is 0 Å². The lowest BCUT2D eigenvalue weighted by molar-refractivity contribution is -0.122. The van der Waals surface area contributed by atoms with Crippen LogP contribution in [0.1, 0.15) is 32.1 Å². The zero-order chi connectivity index (χ0) is 21.4. The molecule has 9 heteroatoms. The number of rotatable bonds is 9. The molecule has 29 heavy (non-hydrogen) atoms. The third-order valence-electron chi connectivity index (χ3n) is 4.13. The molecule has 9 nitrogen and oxygen atoms in total. The van der Waals surface area contributed by atoms with Crippen LogP contribution < -0.4 is 15.4 Å². The number of aromatic nitrogens is 1. The Hall–Kier alpha value is -3.33. The summed E-state index contributed by atoms with van der Waals surface area (Å²) < 4.78 is 15.4. The molecule has 0 saturated carbocycles. The van der Waals surface area contributed by atoms with Crippen molar-refractivity contribution in [2.45, 2.75) is 13.8 Å². The lowest BCUT2D eigenvalue weighted by Crippen LogP contribution is -2.24. The zero-order valence-electron chi connectivity index (χ0n) is 16.9. The van der Waals surface area contributed by atoms with Crippen molar-refractivity contribution >= 4 is 23.5 Å². The second kappa shape index (κ2) is 10.3. The van der Waals surface area contributed by atoms with Gasteiger partial charge >= 0.3 is 5.97 Å². The van der Waals surface area contributed by atoms with Gasteiger partial charge in [-0.25, -0.2) is 4.79 Å². The molecule has 2 amide bonds. The van der Waals surface area contributed by atoms with E-state index in [1.807, 2.05) is 0 Å². The molecule has 1 heterocycles. The molecule has 1 aromatic heterocycles. The average Bonchev–Trinajstić information content (AvgIpc) is 3.00. The number of amides is 2. The van der Waals surface area contributed by atoms with Gasteiger partial charge in [-0.1, -0.05) is 6.07 Å². The van der Waals surface area contributed by atoms with Crippen LogP contribution in [0, 0.1) is 13.8 Å². The number of benzene rings is 1. The van der Waals surface area contributed by atoms with E-state index in [0.29, 0.717) is 34.9 Å². The van der Waals surface area contributed by atoms with E-state index in [4.69, 9.17) is 14.2 Å². The number of hydrogen-bond acceptors (Lipinski definition) is 6. The predicted molar refractivity (Wildman–Crippen MR) is 106 cm³/mol. The second-order valence-electron chi connectivity index (χ2n) is 6.20. The van der Waals surface area contributed by atoms with E-state index in [-0.39, 0.29) is 24.8 Å². The maximum Gasteiger partial charge on any atom is 0.340 e. The molecule has 0 aliphatic carbocycles. The third-order valence-corrected chi connectivity index (χ3v) is 4.13. The Morgan fingerprint density at radius 1 is 1.14 bits per heavy atom. The molecule has 0 aliphatic rings. The van der Waals surface area contributed by atoms with E-state index in [1.54, 1.807) is 38.1 Å². The molecule has 0 aliphatic heterocycles. The molecule has 0 radical (unpaired) electrons. The van der Waals surface area contributed by atoms with Crippen LogP contribution >= 0.6 is 0 Å². The molecule has 0 bridgehead atoms. The summed E-state index contributed by atoms with van der Waals surface area (Å²) in [6.07, 6.45) is 0. The highest BCUT2D eigenvalue weighted by Gasteiger charge is 2.23. The first-order valence-corrected chi connectivity index (χ1v) is 8.97. The number of anilines is 1. The minimum absolute atomic E-state index is 0.128. The van der Waals surface area contributed by atoms with Crippen molar-refractivity contribution in [2.75, 3.05) is 39.3 Å². The molecule has 156 valence electrons. The number of aryl methyl sites for hydroxylation is 1. The van der Waals surface area contributed by atoms with E-state index in [9.17, 15) is 14.4 Å². The molecule has 2 rings (SSSR count). The number of carbonyl (C=O) groups excluding carboxylic acids is 3. The van der Waals surface area contributed by atoms with Gasteiger partial charge in [-0.15, -0.1) is 0 Å². The van der Waals surface area contributed by atoms with Crippen molar-refractivity contribution in [3.05, 3.63) is 46.8 Å². The van der Waals surface area contributed by atoms with E-state index in [1.165, 1.54) is 14.2 Å². The standard InChI is InChI=1S/C20H25N3O6/c1-12-17(20(26)28-9-8-27-4)13(2)22-18(12)19(25)23-14-6-5-7-15(10-14)29-11-16(24)21-3/h5-7,10,22H,8-9,11H2,1-4H3,(H,21,24)(H,23,25). The zero-order valence-corrected chi connectivity index (χ0v) is 16.9. The van der Waals surface area contributed by atoms with Crippen LogP contribution in [0.3, 0.4) is 0 Å². The fourth-order valence-corrected chi connectivity index (χ4v) is 2.65. The van der Waals surface area contributed by atoms with Gasteiger partial charge in [0, 0.05) is 31.6 Å². The fourth-order valence-electron chi connectivity index (χ4n) is 2.65. The second-order valence-corrected chi connectivity index (χ2v) is 6.20. The van der Waals surface area contributed by atoms with Gasteiger partial charge in [0.1, 0.15) is 18.1 Å². The van der Waals surface area contributed by atoms with Crippen LogP contribution in [-0.4, -0.2) is 56.7 Å². The largest absolute Gasteiger partial charge is 0.484 e.